The fourth-order valence-electron chi connectivity index (χ4n) is 3.43. The molecule has 156 valence electrons. The molecule has 1 aliphatic rings. The first-order chi connectivity index (χ1) is 14.5. The predicted molar refractivity (Wildman–Crippen MR) is 126 cm³/mol. The number of aromatic nitrogens is 1. The maximum atomic E-state index is 12.7. The van der Waals surface area contributed by atoms with Crippen LogP contribution in [0, 0.1) is 6.92 Å². The molecule has 1 fully saturated rings. The number of aryl methyl sites for hydroxylation is 1. The van der Waals surface area contributed by atoms with Crippen molar-refractivity contribution >= 4 is 44.0 Å². The van der Waals surface area contributed by atoms with Gasteiger partial charge in [0.2, 0.25) is 5.13 Å². The number of anilines is 2. The highest BCUT2D eigenvalue weighted by Gasteiger charge is 2.22. The summed E-state index contributed by atoms with van der Waals surface area (Å²) >= 11 is 1.61. The summed E-state index contributed by atoms with van der Waals surface area (Å²) < 4.78 is 1.14. The summed E-state index contributed by atoms with van der Waals surface area (Å²) in [5, 5.41) is 5.15. The third kappa shape index (κ3) is 4.46. The van der Waals surface area contributed by atoms with Crippen LogP contribution in [0.15, 0.2) is 47.6 Å². The molecule has 2 heterocycles. The zero-order chi connectivity index (χ0) is 21.1. The first kappa shape index (κ1) is 20.3. The van der Waals surface area contributed by atoms with Crippen LogP contribution in [-0.2, 0) is 0 Å². The fourth-order valence-corrected chi connectivity index (χ4v) is 4.27. The smallest absolute Gasteiger partial charge is 0.253 e. The fraction of sp³-hybridized carbons (Fsp3) is 0.348. The van der Waals surface area contributed by atoms with Crippen molar-refractivity contribution in [2.24, 2.45) is 5.10 Å². The van der Waals surface area contributed by atoms with Crippen molar-refractivity contribution in [1.29, 1.82) is 0 Å². The molecule has 0 radical (unpaired) electrons. The van der Waals surface area contributed by atoms with Gasteiger partial charge in [-0.1, -0.05) is 36.0 Å². The van der Waals surface area contributed by atoms with Crippen molar-refractivity contribution in [1.82, 2.24) is 9.88 Å². The summed E-state index contributed by atoms with van der Waals surface area (Å²) in [5.41, 5.74) is 8.19. The molecule has 4 rings (SSSR count). The molecule has 3 aromatic rings. The summed E-state index contributed by atoms with van der Waals surface area (Å²) in [5.74, 6) is 0.117. The average molecular weight is 422 g/mol. The average Bonchev–Trinajstić information content (AvgIpc) is 3.20. The molecular weight excluding hydrogens is 394 g/mol. The molecule has 1 saturated heterocycles. The Kier molecular flexibility index (Phi) is 5.99. The van der Waals surface area contributed by atoms with E-state index < -0.39 is 0 Å². The molecule has 1 aliphatic heterocycles. The van der Waals surface area contributed by atoms with Crippen molar-refractivity contribution in [3.8, 4) is 0 Å². The lowest BCUT2D eigenvalue weighted by molar-refractivity contribution is 0.0747. The number of nitrogens with zero attached hydrogens (tertiary/aromatic N) is 4. The number of hydrogen-bond acceptors (Lipinski definition) is 6. The lowest BCUT2D eigenvalue weighted by atomic mass is 10.1. The SMILES string of the molecule is CC/C(C)=N\Nc1nc2ccc(N3CCN(C(=O)c4ccc(C)cc4)CC3)cc2s1. The van der Waals surface area contributed by atoms with Crippen LogP contribution < -0.4 is 10.3 Å². The van der Waals surface area contributed by atoms with Crippen molar-refractivity contribution in [3.05, 3.63) is 53.6 Å². The second-order valence-electron chi connectivity index (χ2n) is 7.63. The van der Waals surface area contributed by atoms with Crippen molar-refractivity contribution in [2.75, 3.05) is 36.5 Å². The van der Waals surface area contributed by atoms with Gasteiger partial charge in [-0.2, -0.15) is 5.10 Å². The highest BCUT2D eigenvalue weighted by molar-refractivity contribution is 7.22. The number of hydrogen-bond donors (Lipinski definition) is 1. The molecule has 30 heavy (non-hydrogen) atoms. The molecular formula is C23H27N5OS. The maximum Gasteiger partial charge on any atom is 0.253 e. The zero-order valence-electron chi connectivity index (χ0n) is 17.7. The van der Waals surface area contributed by atoms with E-state index in [-0.39, 0.29) is 5.91 Å². The van der Waals surface area contributed by atoms with Gasteiger partial charge in [0.05, 0.1) is 10.2 Å². The molecule has 0 aliphatic carbocycles. The van der Waals surface area contributed by atoms with Gasteiger partial charge in [-0.25, -0.2) is 4.98 Å². The van der Waals surface area contributed by atoms with Crippen molar-refractivity contribution < 1.29 is 4.79 Å². The molecule has 0 atom stereocenters. The topological polar surface area (TPSA) is 60.8 Å². The van der Waals surface area contributed by atoms with E-state index in [1.54, 1.807) is 11.3 Å². The van der Waals surface area contributed by atoms with Crippen LogP contribution in [0.4, 0.5) is 10.8 Å². The largest absolute Gasteiger partial charge is 0.368 e. The second kappa shape index (κ2) is 8.83. The zero-order valence-corrected chi connectivity index (χ0v) is 18.5. The Morgan fingerprint density at radius 2 is 1.87 bits per heavy atom. The number of nitrogens with one attached hydrogen (secondary N) is 1. The number of amides is 1. The number of piperazine rings is 1. The quantitative estimate of drug-likeness (QED) is 0.476. The lowest BCUT2D eigenvalue weighted by Crippen LogP contribution is -2.48. The summed E-state index contributed by atoms with van der Waals surface area (Å²) in [4.78, 5) is 21.6. The molecule has 0 bridgehead atoms. The number of benzene rings is 2. The Morgan fingerprint density at radius 1 is 1.13 bits per heavy atom. The van der Waals surface area contributed by atoms with Crippen LogP contribution in [-0.4, -0.2) is 47.7 Å². The minimum Gasteiger partial charge on any atom is -0.368 e. The standard InChI is InChI=1S/C23H27N5OS/c1-4-17(3)25-26-23-24-20-10-9-19(15-21(20)30-23)27-11-13-28(14-12-27)22(29)18-7-5-16(2)6-8-18/h5-10,15H,4,11-14H2,1-3H3,(H,24,26)/b25-17-. The van der Waals surface area contributed by atoms with Gasteiger partial charge in [-0.15, -0.1) is 0 Å². The summed E-state index contributed by atoms with van der Waals surface area (Å²) in [6, 6.07) is 14.2. The van der Waals surface area contributed by atoms with E-state index in [9.17, 15) is 4.79 Å². The number of carbonyl (C=O) groups is 1. The predicted octanol–water partition coefficient (Wildman–Crippen LogP) is 4.76. The summed E-state index contributed by atoms with van der Waals surface area (Å²) in [7, 11) is 0. The molecule has 0 unspecified atom stereocenters. The van der Waals surface area contributed by atoms with E-state index in [0.29, 0.717) is 0 Å². The van der Waals surface area contributed by atoms with E-state index in [1.807, 2.05) is 43.0 Å². The highest BCUT2D eigenvalue weighted by Crippen LogP contribution is 2.30. The van der Waals surface area contributed by atoms with Crippen LogP contribution >= 0.6 is 11.3 Å². The highest BCUT2D eigenvalue weighted by atomic mass is 32.1. The van der Waals surface area contributed by atoms with Gasteiger partial charge >= 0.3 is 0 Å². The van der Waals surface area contributed by atoms with E-state index in [1.165, 1.54) is 11.3 Å². The number of carbonyl (C=O) groups excluding carboxylic acids is 1. The Bertz CT molecular complexity index is 1060. The molecule has 1 N–H and O–H groups in total. The van der Waals surface area contributed by atoms with Crippen molar-refractivity contribution in [2.45, 2.75) is 27.2 Å². The second-order valence-corrected chi connectivity index (χ2v) is 8.66. The van der Waals surface area contributed by atoms with Crippen LogP contribution in [0.25, 0.3) is 10.2 Å². The van der Waals surface area contributed by atoms with Crippen LogP contribution in [0.1, 0.15) is 36.2 Å². The first-order valence-electron chi connectivity index (χ1n) is 10.3. The van der Waals surface area contributed by atoms with E-state index in [0.717, 1.165) is 59.2 Å². The number of thiazole rings is 1. The summed E-state index contributed by atoms with van der Waals surface area (Å²) in [6.07, 6.45) is 0.917. The van der Waals surface area contributed by atoms with E-state index in [4.69, 9.17) is 0 Å². The van der Waals surface area contributed by atoms with E-state index >= 15 is 0 Å². The third-order valence-corrected chi connectivity index (χ3v) is 6.38. The van der Waals surface area contributed by atoms with Crippen LogP contribution in [0.3, 0.4) is 0 Å². The van der Waals surface area contributed by atoms with E-state index in [2.05, 4.69) is 45.5 Å². The minimum atomic E-state index is 0.117. The molecule has 6 nitrogen and oxygen atoms in total. The Labute approximate surface area is 181 Å². The molecule has 7 heteroatoms. The normalized spacial score (nSPS) is 15.0. The van der Waals surface area contributed by atoms with Gasteiger partial charge in [-0.3, -0.25) is 10.2 Å². The molecule has 2 aromatic carbocycles. The molecule has 0 saturated carbocycles. The van der Waals surface area contributed by atoms with Gasteiger partial charge in [-0.05, 0) is 50.6 Å². The summed E-state index contributed by atoms with van der Waals surface area (Å²) in [6.45, 7) is 9.23. The van der Waals surface area contributed by atoms with Crippen molar-refractivity contribution in [3.63, 3.8) is 0 Å². The maximum absolute atomic E-state index is 12.7. The monoisotopic (exact) mass is 421 g/mol. The number of fused-ring (bicyclic) bond motifs is 1. The van der Waals surface area contributed by atoms with Gasteiger partial charge in [0.15, 0.2) is 0 Å². The number of rotatable bonds is 5. The minimum absolute atomic E-state index is 0.117. The van der Waals surface area contributed by atoms with Crippen LogP contribution in [0.2, 0.25) is 0 Å². The molecule has 1 amide bonds. The van der Waals surface area contributed by atoms with Gasteiger partial charge in [0.25, 0.3) is 5.91 Å². The molecule has 1 aromatic heterocycles. The van der Waals surface area contributed by atoms with Gasteiger partial charge < -0.3 is 9.80 Å². The number of hydrazone groups is 1. The Balaban J connectivity index is 1.41. The third-order valence-electron chi connectivity index (χ3n) is 5.46. The van der Waals surface area contributed by atoms with Crippen LogP contribution in [0.5, 0.6) is 0 Å². The Hall–Kier alpha value is -2.93. The Morgan fingerprint density at radius 3 is 2.57 bits per heavy atom. The first-order valence-corrected chi connectivity index (χ1v) is 11.2. The molecule has 0 spiro atoms. The van der Waals surface area contributed by atoms with Gasteiger partial charge in [0.1, 0.15) is 0 Å². The lowest BCUT2D eigenvalue weighted by Gasteiger charge is -2.36. The van der Waals surface area contributed by atoms with Gasteiger partial charge in [0, 0.05) is 43.1 Å².